The first kappa shape index (κ1) is 14.6. The van der Waals surface area contributed by atoms with E-state index in [-0.39, 0.29) is 12.4 Å². The monoisotopic (exact) mass is 253 g/mol. The van der Waals surface area contributed by atoms with Gasteiger partial charge in [-0.15, -0.1) is 6.58 Å². The lowest BCUT2D eigenvalue weighted by Crippen LogP contribution is -2.29. The number of pyridine rings is 1. The molecule has 0 aliphatic rings. The van der Waals surface area contributed by atoms with Gasteiger partial charge in [-0.3, -0.25) is 0 Å². The second-order valence-electron chi connectivity index (χ2n) is 3.87. The number of rotatable bonds is 8. The highest BCUT2D eigenvalue weighted by Crippen LogP contribution is 2.18. The fraction of sp³-hybridized carbons (Fsp3) is 0.462. The minimum atomic E-state index is -0.353. The normalized spacial score (nSPS) is 10.4. The summed E-state index contributed by atoms with van der Waals surface area (Å²) in [6.45, 7) is 8.06. The molecule has 0 bridgehead atoms. The third kappa shape index (κ3) is 4.09. The standard InChI is InChI=1S/C13H20FN3O/c1-3-5-17(6-7-18)13-11(9-15-4-2)8-12(14)10-16-13/h3,8,10,15,18H,1,4-7,9H2,2H3. The van der Waals surface area contributed by atoms with Crippen molar-refractivity contribution in [1.82, 2.24) is 10.3 Å². The summed E-state index contributed by atoms with van der Waals surface area (Å²) < 4.78 is 13.2. The number of nitrogens with one attached hydrogen (secondary N) is 1. The Kier molecular flexibility index (Phi) is 6.32. The Balaban J connectivity index is 2.98. The van der Waals surface area contributed by atoms with Crippen LogP contribution in [0.15, 0.2) is 24.9 Å². The summed E-state index contributed by atoms with van der Waals surface area (Å²) in [5.41, 5.74) is 0.784. The molecule has 2 N–H and O–H groups in total. The molecule has 0 atom stereocenters. The Morgan fingerprint density at radius 1 is 1.61 bits per heavy atom. The van der Waals surface area contributed by atoms with E-state index in [1.807, 2.05) is 11.8 Å². The fourth-order valence-corrected chi connectivity index (χ4v) is 1.71. The van der Waals surface area contributed by atoms with Gasteiger partial charge in [-0.25, -0.2) is 9.37 Å². The topological polar surface area (TPSA) is 48.4 Å². The summed E-state index contributed by atoms with van der Waals surface area (Å²) in [4.78, 5) is 5.99. The second kappa shape index (κ2) is 7.79. The molecular weight excluding hydrogens is 233 g/mol. The molecule has 0 radical (unpaired) electrons. The zero-order chi connectivity index (χ0) is 13.4. The molecule has 1 heterocycles. The van der Waals surface area contributed by atoms with Crippen molar-refractivity contribution in [1.29, 1.82) is 0 Å². The molecule has 0 saturated carbocycles. The Hall–Kier alpha value is -1.46. The summed E-state index contributed by atoms with van der Waals surface area (Å²) in [6, 6.07) is 1.47. The molecular formula is C13H20FN3O. The van der Waals surface area contributed by atoms with E-state index >= 15 is 0 Å². The highest BCUT2D eigenvalue weighted by Gasteiger charge is 2.12. The predicted molar refractivity (Wildman–Crippen MR) is 71.1 cm³/mol. The van der Waals surface area contributed by atoms with Crippen molar-refractivity contribution in [3.63, 3.8) is 0 Å². The minimum absolute atomic E-state index is 0.0214. The van der Waals surface area contributed by atoms with Crippen LogP contribution in [0.4, 0.5) is 10.2 Å². The number of hydrogen-bond acceptors (Lipinski definition) is 4. The summed E-state index contributed by atoms with van der Waals surface area (Å²) >= 11 is 0. The number of aromatic nitrogens is 1. The van der Waals surface area contributed by atoms with Crippen LogP contribution in [0.2, 0.25) is 0 Å². The summed E-state index contributed by atoms with van der Waals surface area (Å²) in [7, 11) is 0. The highest BCUT2D eigenvalue weighted by atomic mass is 19.1. The number of nitrogens with zero attached hydrogens (tertiary/aromatic N) is 2. The smallest absolute Gasteiger partial charge is 0.141 e. The van der Waals surface area contributed by atoms with Crippen molar-refractivity contribution in [3.8, 4) is 0 Å². The second-order valence-corrected chi connectivity index (χ2v) is 3.87. The molecule has 0 spiro atoms. The maximum atomic E-state index is 13.2. The molecule has 0 amide bonds. The Morgan fingerprint density at radius 2 is 2.39 bits per heavy atom. The van der Waals surface area contributed by atoms with Gasteiger partial charge in [-0.1, -0.05) is 13.0 Å². The summed E-state index contributed by atoms with van der Waals surface area (Å²) in [5.74, 6) is 0.334. The van der Waals surface area contributed by atoms with Gasteiger partial charge in [-0.05, 0) is 12.6 Å². The molecule has 0 aromatic carbocycles. The first-order chi connectivity index (χ1) is 8.72. The lowest BCUT2D eigenvalue weighted by Gasteiger charge is -2.23. The first-order valence-electron chi connectivity index (χ1n) is 6.04. The zero-order valence-corrected chi connectivity index (χ0v) is 10.7. The highest BCUT2D eigenvalue weighted by molar-refractivity contribution is 5.47. The van der Waals surface area contributed by atoms with E-state index in [9.17, 15) is 4.39 Å². The third-order valence-corrected chi connectivity index (χ3v) is 2.49. The van der Waals surface area contributed by atoms with E-state index in [1.165, 1.54) is 12.3 Å². The van der Waals surface area contributed by atoms with Gasteiger partial charge in [0.05, 0.1) is 12.8 Å². The molecule has 1 aromatic heterocycles. The summed E-state index contributed by atoms with van der Waals surface area (Å²) in [6.07, 6.45) is 2.93. The number of hydrogen-bond donors (Lipinski definition) is 2. The van der Waals surface area contributed by atoms with E-state index in [0.29, 0.717) is 25.5 Å². The predicted octanol–water partition coefficient (Wildman–Crippen LogP) is 1.31. The van der Waals surface area contributed by atoms with Crippen LogP contribution in [0, 0.1) is 5.82 Å². The maximum absolute atomic E-state index is 13.2. The van der Waals surface area contributed by atoms with Crippen LogP contribution < -0.4 is 10.2 Å². The van der Waals surface area contributed by atoms with Crippen LogP contribution in [-0.2, 0) is 6.54 Å². The van der Waals surface area contributed by atoms with Gasteiger partial charge in [0.2, 0.25) is 0 Å². The molecule has 1 rings (SSSR count). The van der Waals surface area contributed by atoms with Gasteiger partial charge in [0.25, 0.3) is 0 Å². The number of halogens is 1. The quantitative estimate of drug-likeness (QED) is 0.686. The Labute approximate surface area is 107 Å². The fourth-order valence-electron chi connectivity index (χ4n) is 1.71. The minimum Gasteiger partial charge on any atom is -0.395 e. The molecule has 0 unspecified atom stereocenters. The van der Waals surface area contributed by atoms with E-state index in [4.69, 9.17) is 5.11 Å². The molecule has 0 fully saturated rings. The SMILES string of the molecule is C=CCN(CCO)c1ncc(F)cc1CNCC. The number of aliphatic hydroxyl groups excluding tert-OH is 1. The molecule has 5 heteroatoms. The van der Waals surface area contributed by atoms with Gasteiger partial charge in [0, 0.05) is 25.2 Å². The molecule has 1 aromatic rings. The van der Waals surface area contributed by atoms with Crippen LogP contribution in [0.3, 0.4) is 0 Å². The van der Waals surface area contributed by atoms with Gasteiger partial charge >= 0.3 is 0 Å². The van der Waals surface area contributed by atoms with E-state index in [0.717, 1.165) is 12.1 Å². The molecule has 18 heavy (non-hydrogen) atoms. The van der Waals surface area contributed by atoms with Crippen LogP contribution in [0.5, 0.6) is 0 Å². The average molecular weight is 253 g/mol. The van der Waals surface area contributed by atoms with E-state index in [2.05, 4.69) is 16.9 Å². The van der Waals surface area contributed by atoms with Crippen molar-refractivity contribution in [3.05, 3.63) is 36.3 Å². The van der Waals surface area contributed by atoms with Crippen molar-refractivity contribution in [2.45, 2.75) is 13.5 Å². The maximum Gasteiger partial charge on any atom is 0.141 e. The average Bonchev–Trinajstić information content (AvgIpc) is 2.36. The Bertz CT molecular complexity index is 384. The lowest BCUT2D eigenvalue weighted by atomic mass is 10.2. The molecule has 0 aliphatic heterocycles. The Morgan fingerprint density at radius 3 is 3.00 bits per heavy atom. The molecule has 0 saturated heterocycles. The van der Waals surface area contributed by atoms with Crippen LogP contribution in [0.25, 0.3) is 0 Å². The van der Waals surface area contributed by atoms with E-state index < -0.39 is 0 Å². The van der Waals surface area contributed by atoms with Gasteiger partial charge in [-0.2, -0.15) is 0 Å². The van der Waals surface area contributed by atoms with Crippen molar-refractivity contribution in [2.24, 2.45) is 0 Å². The van der Waals surface area contributed by atoms with Crippen molar-refractivity contribution < 1.29 is 9.50 Å². The van der Waals surface area contributed by atoms with E-state index in [1.54, 1.807) is 6.08 Å². The summed E-state index contributed by atoms with van der Waals surface area (Å²) in [5, 5.41) is 12.2. The number of aliphatic hydroxyl groups is 1. The van der Waals surface area contributed by atoms with Crippen LogP contribution >= 0.6 is 0 Å². The van der Waals surface area contributed by atoms with Crippen LogP contribution in [0.1, 0.15) is 12.5 Å². The largest absolute Gasteiger partial charge is 0.395 e. The lowest BCUT2D eigenvalue weighted by molar-refractivity contribution is 0.302. The van der Waals surface area contributed by atoms with Gasteiger partial charge < -0.3 is 15.3 Å². The van der Waals surface area contributed by atoms with Gasteiger partial charge in [0.1, 0.15) is 11.6 Å². The number of anilines is 1. The third-order valence-electron chi connectivity index (χ3n) is 2.49. The van der Waals surface area contributed by atoms with Crippen LogP contribution in [-0.4, -0.2) is 36.3 Å². The van der Waals surface area contributed by atoms with Gasteiger partial charge in [0.15, 0.2) is 0 Å². The molecule has 4 nitrogen and oxygen atoms in total. The first-order valence-corrected chi connectivity index (χ1v) is 6.04. The zero-order valence-electron chi connectivity index (χ0n) is 10.7. The van der Waals surface area contributed by atoms with Crippen molar-refractivity contribution >= 4 is 5.82 Å². The molecule has 0 aliphatic carbocycles. The molecule has 100 valence electrons. The van der Waals surface area contributed by atoms with Crippen molar-refractivity contribution in [2.75, 3.05) is 31.1 Å².